The molecule has 0 aromatic heterocycles. The fourth-order valence-corrected chi connectivity index (χ4v) is 5.57. The van der Waals surface area contributed by atoms with Crippen molar-refractivity contribution in [2.24, 2.45) is 0 Å². The highest BCUT2D eigenvalue weighted by atomic mass is 15.2. The molecule has 0 atom stereocenters. The highest BCUT2D eigenvalue weighted by molar-refractivity contribution is 5.86. The van der Waals surface area contributed by atoms with Gasteiger partial charge < -0.3 is 9.80 Å². The number of hydrogen-bond donors (Lipinski definition) is 0. The predicted octanol–water partition coefficient (Wildman–Crippen LogP) is 7.99. The molecule has 6 rings (SSSR count). The average molecular weight is 493 g/mol. The first kappa shape index (κ1) is 23.8. The molecule has 0 N–H and O–H groups in total. The molecule has 5 aromatic rings. The second kappa shape index (κ2) is 10.4. The van der Waals surface area contributed by atoms with Gasteiger partial charge in [0.1, 0.15) is 0 Å². The van der Waals surface area contributed by atoms with Gasteiger partial charge in [0.2, 0.25) is 0 Å². The topological polar surface area (TPSA) is 6.48 Å². The number of aryl methyl sites for hydroxylation is 2. The van der Waals surface area contributed by atoms with Crippen LogP contribution >= 0.6 is 0 Å². The first-order valence-corrected chi connectivity index (χ1v) is 13.3. The molecule has 0 radical (unpaired) electrons. The third kappa shape index (κ3) is 4.62. The number of rotatable bonds is 6. The molecule has 0 saturated heterocycles. The molecule has 0 spiro atoms. The van der Waals surface area contributed by atoms with Gasteiger partial charge >= 0.3 is 0 Å². The minimum absolute atomic E-state index is 0.935. The average Bonchev–Trinajstić information content (AvgIpc) is 2.96. The molecule has 2 nitrogen and oxygen atoms in total. The molecule has 1 aliphatic rings. The van der Waals surface area contributed by atoms with Crippen molar-refractivity contribution in [3.8, 4) is 0 Å². The molecule has 5 aromatic carbocycles. The first-order valence-electron chi connectivity index (χ1n) is 13.3. The second-order valence-electron chi connectivity index (χ2n) is 9.96. The highest BCUT2D eigenvalue weighted by Crippen LogP contribution is 2.37. The lowest BCUT2D eigenvalue weighted by Crippen LogP contribution is -2.40. The van der Waals surface area contributed by atoms with E-state index in [9.17, 15) is 0 Å². The van der Waals surface area contributed by atoms with E-state index < -0.39 is 0 Å². The summed E-state index contributed by atoms with van der Waals surface area (Å²) in [5, 5.41) is 2.57. The molecule has 0 saturated carbocycles. The van der Waals surface area contributed by atoms with Gasteiger partial charge in [-0.3, -0.25) is 0 Å². The Morgan fingerprint density at radius 2 is 0.763 bits per heavy atom. The van der Waals surface area contributed by atoms with Gasteiger partial charge in [0.25, 0.3) is 0 Å². The van der Waals surface area contributed by atoms with Crippen LogP contribution in [0.3, 0.4) is 0 Å². The maximum atomic E-state index is 2.45. The van der Waals surface area contributed by atoms with Crippen LogP contribution in [-0.4, -0.2) is 0 Å². The van der Waals surface area contributed by atoms with Gasteiger partial charge in [-0.15, -0.1) is 0 Å². The number of para-hydroxylation sites is 2. The lowest BCUT2D eigenvalue weighted by molar-refractivity contribution is 0.969. The van der Waals surface area contributed by atoms with E-state index >= 15 is 0 Å². The smallest absolute Gasteiger partial charge is 0.0461 e. The van der Waals surface area contributed by atoms with Crippen molar-refractivity contribution in [2.45, 2.75) is 26.7 Å². The van der Waals surface area contributed by atoms with Crippen LogP contribution in [0.15, 0.2) is 133 Å². The summed E-state index contributed by atoms with van der Waals surface area (Å²) >= 11 is 0. The van der Waals surface area contributed by atoms with E-state index in [1.54, 1.807) is 0 Å². The Hall–Kier alpha value is -4.56. The molecule has 0 bridgehead atoms. The third-order valence-electron chi connectivity index (χ3n) is 7.24. The Bertz CT molecular complexity index is 1560. The zero-order chi connectivity index (χ0) is 25.9. The van der Waals surface area contributed by atoms with Gasteiger partial charge in [-0.25, -0.2) is 0 Å². The molecule has 0 fully saturated rings. The summed E-state index contributed by atoms with van der Waals surface area (Å²) in [7, 11) is 0. The van der Waals surface area contributed by atoms with Crippen LogP contribution in [-0.2, 0) is 0 Å². The van der Waals surface area contributed by atoms with Crippen LogP contribution in [0.1, 0.15) is 24.0 Å². The lowest BCUT2D eigenvalue weighted by Gasteiger charge is -2.34. The van der Waals surface area contributed by atoms with E-state index in [2.05, 4.69) is 157 Å². The lowest BCUT2D eigenvalue weighted by atomic mass is 9.97. The van der Waals surface area contributed by atoms with E-state index in [0.717, 1.165) is 12.8 Å². The number of anilines is 4. The quantitative estimate of drug-likeness (QED) is 0.237. The fraction of sp³-hybridized carbons (Fsp3) is 0.111. The summed E-state index contributed by atoms with van der Waals surface area (Å²) in [5.41, 5.74) is 9.95. The molecule has 0 unspecified atom stereocenters. The summed E-state index contributed by atoms with van der Waals surface area (Å²) in [6.45, 7) is 4.33. The second-order valence-corrected chi connectivity index (χ2v) is 9.96. The van der Waals surface area contributed by atoms with Crippen molar-refractivity contribution in [3.05, 3.63) is 155 Å². The molecular formula is C36H32N2. The minimum Gasteiger partial charge on any atom is -0.314 e. The molecule has 1 aliphatic carbocycles. The van der Waals surface area contributed by atoms with Crippen LogP contribution in [0, 0.1) is 13.8 Å². The summed E-state index contributed by atoms with van der Waals surface area (Å²) in [5.74, 6) is 0. The Balaban J connectivity index is 1.64. The monoisotopic (exact) mass is 492 g/mol. The van der Waals surface area contributed by atoms with Crippen molar-refractivity contribution in [1.29, 1.82) is 0 Å². The zero-order valence-corrected chi connectivity index (χ0v) is 22.0. The molecule has 186 valence electrons. The predicted molar refractivity (Wildman–Crippen MR) is 161 cm³/mol. The Morgan fingerprint density at radius 1 is 0.395 bits per heavy atom. The Morgan fingerprint density at radius 3 is 1.16 bits per heavy atom. The number of fused-ring (bicyclic) bond motifs is 1. The van der Waals surface area contributed by atoms with Crippen molar-refractivity contribution < 1.29 is 0 Å². The van der Waals surface area contributed by atoms with Crippen molar-refractivity contribution >= 4 is 34.1 Å². The zero-order valence-electron chi connectivity index (χ0n) is 22.0. The van der Waals surface area contributed by atoms with Crippen molar-refractivity contribution in [2.75, 3.05) is 9.80 Å². The molecule has 0 amide bonds. The minimum atomic E-state index is 0.935. The van der Waals surface area contributed by atoms with Gasteiger partial charge in [0.05, 0.1) is 0 Å². The maximum absolute atomic E-state index is 2.45. The Kier molecular flexibility index (Phi) is 6.54. The van der Waals surface area contributed by atoms with Crippen LogP contribution in [0.2, 0.25) is 0 Å². The van der Waals surface area contributed by atoms with Crippen LogP contribution in [0.25, 0.3) is 11.4 Å². The van der Waals surface area contributed by atoms with Gasteiger partial charge in [-0.2, -0.15) is 0 Å². The van der Waals surface area contributed by atoms with Gasteiger partial charge in [-0.1, -0.05) is 84.9 Å². The number of nitrogens with zero attached hydrogens (tertiary/aromatic N) is 2. The molecular weight excluding hydrogens is 460 g/mol. The maximum Gasteiger partial charge on any atom is 0.0461 e. The van der Waals surface area contributed by atoms with Gasteiger partial charge in [-0.05, 0) is 86.3 Å². The van der Waals surface area contributed by atoms with Gasteiger partial charge in [0, 0.05) is 44.6 Å². The summed E-state index contributed by atoms with van der Waals surface area (Å²) in [6.07, 6.45) is 1.87. The van der Waals surface area contributed by atoms with E-state index in [1.807, 2.05) is 0 Å². The van der Waals surface area contributed by atoms with Crippen LogP contribution < -0.4 is 20.2 Å². The highest BCUT2D eigenvalue weighted by Gasteiger charge is 2.24. The largest absolute Gasteiger partial charge is 0.314 e. The van der Waals surface area contributed by atoms with E-state index in [4.69, 9.17) is 0 Å². The van der Waals surface area contributed by atoms with Crippen molar-refractivity contribution in [3.63, 3.8) is 0 Å². The third-order valence-corrected chi connectivity index (χ3v) is 7.24. The standard InChI is InChI=1S/C36H32N2/c1-27-13-11-19-31(25-27)37(29-15-5-3-6-16-29)35-23-24-36(34-22-10-9-21-33(34)35)38(30-17-7-4-8-18-30)32-20-12-14-28(2)26-32/h3-22,25-26H,23-24H2,1-2H3. The normalized spacial score (nSPS) is 12.7. The summed E-state index contributed by atoms with van der Waals surface area (Å²) in [6, 6.07) is 48.1. The fourth-order valence-electron chi connectivity index (χ4n) is 5.57. The van der Waals surface area contributed by atoms with Crippen LogP contribution in [0.4, 0.5) is 22.7 Å². The SMILES string of the molecule is Cc1cccc(N(C2=c3ccccc3=C(N(c3ccccc3)c3cccc(C)c3)CC2)c2ccccc2)c1. The first-order chi connectivity index (χ1) is 18.7. The summed E-state index contributed by atoms with van der Waals surface area (Å²) in [4.78, 5) is 4.89. The van der Waals surface area contributed by atoms with E-state index in [0.29, 0.717) is 0 Å². The molecule has 38 heavy (non-hydrogen) atoms. The van der Waals surface area contributed by atoms with Gasteiger partial charge in [0.15, 0.2) is 0 Å². The number of benzene rings is 5. The molecule has 0 heterocycles. The Labute approximate surface area is 225 Å². The molecule has 0 aliphatic heterocycles. The molecule has 2 heteroatoms. The van der Waals surface area contributed by atoms with E-state index in [-0.39, 0.29) is 0 Å². The number of hydrogen-bond acceptors (Lipinski definition) is 2. The van der Waals surface area contributed by atoms with E-state index in [1.165, 1.54) is 55.7 Å². The summed E-state index contributed by atoms with van der Waals surface area (Å²) < 4.78 is 0. The van der Waals surface area contributed by atoms with Crippen LogP contribution in [0.5, 0.6) is 0 Å². The van der Waals surface area contributed by atoms with Crippen molar-refractivity contribution in [1.82, 2.24) is 0 Å².